The molecule has 1 aromatic rings. The molecule has 2 aliphatic heterocycles. The van der Waals surface area contributed by atoms with Crippen LogP contribution in [-0.4, -0.2) is 50.6 Å². The molecule has 0 aromatic carbocycles. The molecular weight excluding hydrogens is 330 g/mol. The molecule has 130 valence electrons. The van der Waals surface area contributed by atoms with Crippen LogP contribution in [0, 0.1) is 0 Å². The van der Waals surface area contributed by atoms with Crippen LogP contribution < -0.4 is 10.6 Å². The lowest BCUT2D eigenvalue weighted by Crippen LogP contribution is -2.47. The van der Waals surface area contributed by atoms with Crippen LogP contribution in [0.4, 0.5) is 5.13 Å². The summed E-state index contributed by atoms with van der Waals surface area (Å²) in [4.78, 5) is 42.3. The second-order valence-electron chi connectivity index (χ2n) is 7.23. The molecule has 3 rings (SSSR count). The van der Waals surface area contributed by atoms with Crippen LogP contribution in [0.15, 0.2) is 0 Å². The predicted molar refractivity (Wildman–Crippen MR) is 88.5 cm³/mol. The fourth-order valence-corrected chi connectivity index (χ4v) is 3.81. The lowest BCUT2D eigenvalue weighted by molar-refractivity contribution is -0.145. The largest absolute Gasteiger partial charge is 0.354 e. The molecule has 2 saturated heterocycles. The van der Waals surface area contributed by atoms with Gasteiger partial charge in [0, 0.05) is 42.0 Å². The van der Waals surface area contributed by atoms with Crippen molar-refractivity contribution in [3.63, 3.8) is 0 Å². The van der Waals surface area contributed by atoms with Gasteiger partial charge in [-0.15, -0.1) is 0 Å². The third-order valence-electron chi connectivity index (χ3n) is 4.32. The lowest BCUT2D eigenvalue weighted by Gasteiger charge is -2.26. The Morgan fingerprint density at radius 2 is 2.00 bits per heavy atom. The minimum atomic E-state index is -0.724. The number of hydrogen-bond donors (Lipinski definition) is 2. The number of anilines is 1. The highest BCUT2D eigenvalue weighted by molar-refractivity contribution is 7.10. The molecule has 3 amide bonds. The van der Waals surface area contributed by atoms with Crippen LogP contribution in [0.2, 0.25) is 0 Å². The van der Waals surface area contributed by atoms with Crippen molar-refractivity contribution in [2.75, 3.05) is 11.9 Å². The first kappa shape index (κ1) is 16.8. The quantitative estimate of drug-likeness (QED) is 0.723. The number of nitrogens with zero attached hydrogens (tertiary/aromatic N) is 3. The highest BCUT2D eigenvalue weighted by Crippen LogP contribution is 2.29. The standard InChI is InChI=1S/C15H21N5O3S/c1-15(2,3)13-18-14(24-19-13)17-11(22)12(23)20-8-4-5-9(20)7-16-10(21)6-8/h8-9H,4-7H2,1-3H3,(H,16,21)(H,17,18,19,22). The van der Waals surface area contributed by atoms with E-state index in [0.717, 1.165) is 24.4 Å². The molecule has 0 saturated carbocycles. The van der Waals surface area contributed by atoms with Gasteiger partial charge in [0.15, 0.2) is 0 Å². The molecule has 2 atom stereocenters. The molecule has 8 nitrogen and oxygen atoms in total. The second-order valence-corrected chi connectivity index (χ2v) is 7.98. The zero-order valence-electron chi connectivity index (χ0n) is 14.0. The van der Waals surface area contributed by atoms with Gasteiger partial charge in [0.05, 0.1) is 0 Å². The van der Waals surface area contributed by atoms with Crippen molar-refractivity contribution in [3.8, 4) is 0 Å². The van der Waals surface area contributed by atoms with Gasteiger partial charge in [0.25, 0.3) is 0 Å². The maximum atomic E-state index is 12.6. The van der Waals surface area contributed by atoms with Crippen molar-refractivity contribution in [2.24, 2.45) is 0 Å². The van der Waals surface area contributed by atoms with Crippen LogP contribution in [0.3, 0.4) is 0 Å². The Morgan fingerprint density at radius 1 is 1.29 bits per heavy atom. The minimum Gasteiger partial charge on any atom is -0.354 e. The van der Waals surface area contributed by atoms with E-state index in [4.69, 9.17) is 0 Å². The molecule has 2 fully saturated rings. The zero-order chi connectivity index (χ0) is 17.5. The molecule has 2 bridgehead atoms. The van der Waals surface area contributed by atoms with Gasteiger partial charge < -0.3 is 10.2 Å². The molecule has 0 spiro atoms. The first-order chi connectivity index (χ1) is 11.3. The van der Waals surface area contributed by atoms with E-state index in [1.54, 1.807) is 4.90 Å². The van der Waals surface area contributed by atoms with Gasteiger partial charge in [-0.3, -0.25) is 19.7 Å². The summed E-state index contributed by atoms with van der Waals surface area (Å²) in [6.45, 7) is 6.33. The van der Waals surface area contributed by atoms with Gasteiger partial charge in [-0.25, -0.2) is 4.98 Å². The number of carbonyl (C=O) groups is 3. The van der Waals surface area contributed by atoms with E-state index in [-0.39, 0.29) is 29.8 Å². The van der Waals surface area contributed by atoms with Crippen LogP contribution in [0.25, 0.3) is 0 Å². The fourth-order valence-electron chi connectivity index (χ4n) is 3.06. The van der Waals surface area contributed by atoms with Gasteiger partial charge in [-0.2, -0.15) is 4.37 Å². The van der Waals surface area contributed by atoms with Crippen LogP contribution in [0.1, 0.15) is 45.9 Å². The average Bonchev–Trinajstić information content (AvgIpc) is 3.06. The molecule has 2 unspecified atom stereocenters. The van der Waals surface area contributed by atoms with Gasteiger partial charge in [0.1, 0.15) is 5.82 Å². The summed E-state index contributed by atoms with van der Waals surface area (Å²) in [5, 5.41) is 5.64. The molecular formula is C15H21N5O3S. The van der Waals surface area contributed by atoms with Crippen LogP contribution in [-0.2, 0) is 19.8 Å². The Bertz CT molecular complexity index is 681. The number of aromatic nitrogens is 2. The number of carbonyl (C=O) groups excluding carboxylic acids is 3. The van der Waals surface area contributed by atoms with E-state index in [0.29, 0.717) is 17.5 Å². The number of fused-ring (bicyclic) bond motifs is 2. The third kappa shape index (κ3) is 3.26. The number of hydrogen-bond acceptors (Lipinski definition) is 6. The van der Waals surface area contributed by atoms with E-state index >= 15 is 0 Å². The summed E-state index contributed by atoms with van der Waals surface area (Å²) >= 11 is 1.06. The van der Waals surface area contributed by atoms with E-state index in [9.17, 15) is 14.4 Å². The highest BCUT2D eigenvalue weighted by atomic mass is 32.1. The van der Waals surface area contributed by atoms with E-state index in [1.165, 1.54) is 0 Å². The lowest BCUT2D eigenvalue weighted by atomic mass is 9.96. The van der Waals surface area contributed by atoms with Gasteiger partial charge >= 0.3 is 11.8 Å². The summed E-state index contributed by atoms with van der Waals surface area (Å²) in [6.07, 6.45) is 1.81. The first-order valence-electron chi connectivity index (χ1n) is 8.00. The average molecular weight is 351 g/mol. The van der Waals surface area contributed by atoms with Gasteiger partial charge in [-0.1, -0.05) is 20.8 Å². The fraction of sp³-hybridized carbons (Fsp3) is 0.667. The number of amides is 3. The maximum absolute atomic E-state index is 12.6. The zero-order valence-corrected chi connectivity index (χ0v) is 14.8. The molecule has 0 radical (unpaired) electrons. The predicted octanol–water partition coefficient (Wildman–Crippen LogP) is 0.654. The second kappa shape index (κ2) is 6.12. The number of nitrogens with one attached hydrogen (secondary N) is 2. The highest BCUT2D eigenvalue weighted by Gasteiger charge is 2.42. The van der Waals surface area contributed by atoms with Gasteiger partial charge in [0.2, 0.25) is 11.0 Å². The molecule has 0 aliphatic carbocycles. The Labute approximate surface area is 144 Å². The summed E-state index contributed by atoms with van der Waals surface area (Å²) < 4.78 is 4.22. The third-order valence-corrected chi connectivity index (χ3v) is 4.95. The molecule has 9 heteroatoms. The Morgan fingerprint density at radius 3 is 2.67 bits per heavy atom. The Hall–Kier alpha value is -2.03. The maximum Gasteiger partial charge on any atom is 0.315 e. The normalized spacial score (nSPS) is 23.6. The topological polar surface area (TPSA) is 104 Å². The van der Waals surface area contributed by atoms with Crippen molar-refractivity contribution >= 4 is 34.4 Å². The van der Waals surface area contributed by atoms with Crippen LogP contribution >= 0.6 is 11.5 Å². The number of rotatable bonds is 1. The van der Waals surface area contributed by atoms with Crippen molar-refractivity contribution in [1.29, 1.82) is 0 Å². The van der Waals surface area contributed by atoms with Crippen molar-refractivity contribution in [3.05, 3.63) is 5.82 Å². The smallest absolute Gasteiger partial charge is 0.315 e. The van der Waals surface area contributed by atoms with E-state index in [2.05, 4.69) is 20.0 Å². The van der Waals surface area contributed by atoms with Crippen molar-refractivity contribution in [2.45, 2.75) is 57.5 Å². The molecule has 2 aliphatic rings. The van der Waals surface area contributed by atoms with Gasteiger partial charge in [-0.05, 0) is 12.8 Å². The van der Waals surface area contributed by atoms with Crippen molar-refractivity contribution in [1.82, 2.24) is 19.6 Å². The molecule has 2 N–H and O–H groups in total. The summed E-state index contributed by atoms with van der Waals surface area (Å²) in [7, 11) is 0. The monoisotopic (exact) mass is 351 g/mol. The minimum absolute atomic E-state index is 0.0700. The van der Waals surface area contributed by atoms with Crippen LogP contribution in [0.5, 0.6) is 0 Å². The SMILES string of the molecule is CC(C)(C)c1nsc(NC(=O)C(=O)N2C3CCC2CC(=O)NC3)n1. The molecule has 1 aromatic heterocycles. The Kier molecular flexibility index (Phi) is 4.29. The Balaban J connectivity index is 1.70. The summed E-state index contributed by atoms with van der Waals surface area (Å²) in [6, 6.07) is -0.311. The summed E-state index contributed by atoms with van der Waals surface area (Å²) in [5.41, 5.74) is -0.223. The van der Waals surface area contributed by atoms with E-state index < -0.39 is 11.8 Å². The molecule has 24 heavy (non-hydrogen) atoms. The van der Waals surface area contributed by atoms with E-state index in [1.807, 2.05) is 20.8 Å². The molecule has 3 heterocycles. The summed E-state index contributed by atoms with van der Waals surface area (Å²) in [5.74, 6) is -0.774. The first-order valence-corrected chi connectivity index (χ1v) is 8.77. The van der Waals surface area contributed by atoms with Crippen molar-refractivity contribution < 1.29 is 14.4 Å².